The quantitative estimate of drug-likeness (QED) is 0.686. The van der Waals surface area contributed by atoms with E-state index in [4.69, 9.17) is 5.73 Å². The van der Waals surface area contributed by atoms with Crippen LogP contribution in [0.25, 0.3) is 0 Å². The highest BCUT2D eigenvalue weighted by molar-refractivity contribution is 4.88. The molecule has 0 bridgehead atoms. The number of halogens is 3. The Morgan fingerprint density at radius 2 is 2.00 bits per heavy atom. The molecular formula is C8H15F3N2. The van der Waals surface area contributed by atoms with Gasteiger partial charge < -0.3 is 10.6 Å². The monoisotopic (exact) mass is 196 g/mol. The highest BCUT2D eigenvalue weighted by atomic mass is 19.4. The average Bonchev–Trinajstić information content (AvgIpc) is 2.02. The molecule has 0 saturated carbocycles. The molecule has 5 heteroatoms. The fraction of sp³-hybridized carbons (Fsp3) is 1.00. The maximum atomic E-state index is 12.3. The van der Waals surface area contributed by atoms with Crippen molar-refractivity contribution in [1.29, 1.82) is 0 Å². The van der Waals surface area contributed by atoms with E-state index in [1.54, 1.807) is 11.9 Å². The first kappa shape index (κ1) is 10.8. The van der Waals surface area contributed by atoms with Crippen LogP contribution >= 0.6 is 0 Å². The summed E-state index contributed by atoms with van der Waals surface area (Å²) < 4.78 is 36.8. The van der Waals surface area contributed by atoms with Gasteiger partial charge in [-0.05, 0) is 26.4 Å². The van der Waals surface area contributed by atoms with Gasteiger partial charge in [0.25, 0.3) is 0 Å². The maximum absolute atomic E-state index is 12.3. The lowest BCUT2D eigenvalue weighted by atomic mass is 9.96. The van der Waals surface area contributed by atoms with E-state index in [-0.39, 0.29) is 0 Å². The van der Waals surface area contributed by atoms with Crippen molar-refractivity contribution in [2.75, 3.05) is 13.6 Å². The van der Waals surface area contributed by atoms with Gasteiger partial charge in [0.2, 0.25) is 0 Å². The smallest absolute Gasteiger partial charge is 0.319 e. The third kappa shape index (κ3) is 2.57. The average molecular weight is 196 g/mol. The predicted octanol–water partition coefficient (Wildman–Crippen LogP) is 1.36. The second-order valence-corrected chi connectivity index (χ2v) is 3.61. The molecule has 2 unspecified atom stereocenters. The van der Waals surface area contributed by atoms with Crippen LogP contribution in [0, 0.1) is 0 Å². The Hall–Kier alpha value is -0.290. The number of likely N-dealkylation sites (tertiary alicyclic amines) is 1. The Morgan fingerprint density at radius 3 is 2.46 bits per heavy atom. The lowest BCUT2D eigenvalue weighted by molar-refractivity contribution is -0.163. The van der Waals surface area contributed by atoms with Gasteiger partial charge >= 0.3 is 6.18 Å². The van der Waals surface area contributed by atoms with Crippen LogP contribution in [0.15, 0.2) is 0 Å². The Morgan fingerprint density at radius 1 is 1.38 bits per heavy atom. The topological polar surface area (TPSA) is 29.3 Å². The van der Waals surface area contributed by atoms with Gasteiger partial charge in [0.1, 0.15) is 6.04 Å². The van der Waals surface area contributed by atoms with Crippen molar-refractivity contribution in [1.82, 2.24) is 4.90 Å². The number of piperidine rings is 1. The van der Waals surface area contributed by atoms with Crippen LogP contribution in [0.2, 0.25) is 0 Å². The molecule has 0 amide bonds. The van der Waals surface area contributed by atoms with Crippen LogP contribution in [0.4, 0.5) is 13.2 Å². The van der Waals surface area contributed by atoms with Crippen molar-refractivity contribution in [3.63, 3.8) is 0 Å². The number of nitrogens with zero attached hydrogens (tertiary/aromatic N) is 1. The number of hydrogen-bond donors (Lipinski definition) is 1. The second kappa shape index (κ2) is 3.84. The lowest BCUT2D eigenvalue weighted by Crippen LogP contribution is -2.55. The third-order valence-corrected chi connectivity index (χ3v) is 2.62. The van der Waals surface area contributed by atoms with E-state index in [0.29, 0.717) is 13.0 Å². The molecule has 13 heavy (non-hydrogen) atoms. The van der Waals surface area contributed by atoms with Crippen molar-refractivity contribution in [2.24, 2.45) is 5.73 Å². The number of hydrogen-bond acceptors (Lipinski definition) is 2. The number of likely N-dealkylation sites (N-methyl/N-ethyl adjacent to an activating group) is 1. The minimum absolute atomic E-state index is 0.534. The molecule has 1 rings (SSSR count). The van der Waals surface area contributed by atoms with Gasteiger partial charge in [-0.1, -0.05) is 6.42 Å². The summed E-state index contributed by atoms with van der Waals surface area (Å²) in [4.78, 5) is 1.71. The standard InChI is InChI=1S/C8H15F3N2/c1-13-5-3-2-4-6(13)7(12)8(9,10)11/h6-7H,2-5,12H2,1H3. The Bertz CT molecular complexity index is 169. The highest BCUT2D eigenvalue weighted by Crippen LogP contribution is 2.27. The molecule has 0 aromatic rings. The summed E-state index contributed by atoms with van der Waals surface area (Å²) in [6, 6.07) is -2.23. The molecule has 1 heterocycles. The van der Waals surface area contributed by atoms with E-state index in [0.717, 1.165) is 12.8 Å². The molecule has 1 saturated heterocycles. The number of rotatable bonds is 1. The van der Waals surface area contributed by atoms with Crippen LogP contribution in [-0.4, -0.2) is 36.8 Å². The van der Waals surface area contributed by atoms with Gasteiger partial charge in [-0.25, -0.2) is 0 Å². The minimum Gasteiger partial charge on any atom is -0.319 e. The molecule has 0 spiro atoms. The van der Waals surface area contributed by atoms with Gasteiger partial charge in [-0.15, -0.1) is 0 Å². The first-order chi connectivity index (χ1) is 5.93. The third-order valence-electron chi connectivity index (χ3n) is 2.62. The van der Waals surface area contributed by atoms with E-state index >= 15 is 0 Å². The number of alkyl halides is 3. The largest absolute Gasteiger partial charge is 0.405 e. The molecule has 0 aromatic carbocycles. The second-order valence-electron chi connectivity index (χ2n) is 3.61. The summed E-state index contributed by atoms with van der Waals surface area (Å²) in [6.07, 6.45) is -1.90. The fourth-order valence-electron chi connectivity index (χ4n) is 1.77. The van der Waals surface area contributed by atoms with E-state index in [1.165, 1.54) is 0 Å². The molecule has 1 fully saturated rings. The van der Waals surface area contributed by atoms with Crippen molar-refractivity contribution >= 4 is 0 Å². The molecule has 1 aliphatic heterocycles. The van der Waals surface area contributed by atoms with Crippen molar-refractivity contribution in [3.05, 3.63) is 0 Å². The summed E-state index contributed by atoms with van der Waals surface area (Å²) in [5, 5.41) is 0. The fourth-order valence-corrected chi connectivity index (χ4v) is 1.77. The molecule has 78 valence electrons. The number of nitrogens with two attached hydrogens (primary N) is 1. The summed E-state index contributed by atoms with van der Waals surface area (Å²) in [6.45, 7) is 0.717. The van der Waals surface area contributed by atoms with Gasteiger partial charge in [0, 0.05) is 6.04 Å². The predicted molar refractivity (Wildman–Crippen MR) is 44.3 cm³/mol. The summed E-state index contributed by atoms with van der Waals surface area (Å²) in [5.74, 6) is 0. The first-order valence-corrected chi connectivity index (χ1v) is 4.45. The minimum atomic E-state index is -4.27. The summed E-state index contributed by atoms with van der Waals surface area (Å²) in [5.41, 5.74) is 5.15. The van der Waals surface area contributed by atoms with Crippen molar-refractivity contribution in [3.8, 4) is 0 Å². The Balaban J connectivity index is 2.58. The molecule has 0 aliphatic carbocycles. The van der Waals surface area contributed by atoms with Crippen LogP contribution in [0.5, 0.6) is 0 Å². The normalized spacial score (nSPS) is 28.8. The molecular weight excluding hydrogens is 181 g/mol. The molecule has 0 aromatic heterocycles. The summed E-state index contributed by atoms with van der Waals surface area (Å²) >= 11 is 0. The van der Waals surface area contributed by atoms with Crippen molar-refractivity contribution < 1.29 is 13.2 Å². The zero-order chi connectivity index (χ0) is 10.1. The van der Waals surface area contributed by atoms with E-state index in [9.17, 15) is 13.2 Å². The van der Waals surface area contributed by atoms with Crippen LogP contribution in [0.1, 0.15) is 19.3 Å². The maximum Gasteiger partial charge on any atom is 0.405 e. The van der Waals surface area contributed by atoms with E-state index in [1.807, 2.05) is 0 Å². The lowest BCUT2D eigenvalue weighted by Gasteiger charge is -2.36. The van der Waals surface area contributed by atoms with Crippen LogP contribution in [-0.2, 0) is 0 Å². The first-order valence-electron chi connectivity index (χ1n) is 4.45. The Labute approximate surface area is 75.9 Å². The van der Waals surface area contributed by atoms with Gasteiger partial charge in [-0.3, -0.25) is 0 Å². The van der Waals surface area contributed by atoms with Crippen LogP contribution in [0.3, 0.4) is 0 Å². The van der Waals surface area contributed by atoms with Gasteiger partial charge in [0.05, 0.1) is 0 Å². The molecule has 2 N–H and O–H groups in total. The SMILES string of the molecule is CN1CCCCC1C(N)C(F)(F)F. The molecule has 2 nitrogen and oxygen atoms in total. The van der Waals surface area contributed by atoms with Gasteiger partial charge in [-0.2, -0.15) is 13.2 Å². The highest BCUT2D eigenvalue weighted by Gasteiger charge is 2.43. The molecule has 0 radical (unpaired) electrons. The molecule has 1 aliphatic rings. The zero-order valence-electron chi connectivity index (χ0n) is 7.64. The van der Waals surface area contributed by atoms with E-state index in [2.05, 4.69) is 0 Å². The summed E-state index contributed by atoms with van der Waals surface area (Å²) in [7, 11) is 1.70. The van der Waals surface area contributed by atoms with E-state index < -0.39 is 18.3 Å². The Kier molecular flexibility index (Phi) is 3.18. The zero-order valence-corrected chi connectivity index (χ0v) is 7.64. The van der Waals surface area contributed by atoms with Crippen LogP contribution < -0.4 is 5.73 Å². The molecule has 2 atom stereocenters. The van der Waals surface area contributed by atoms with Gasteiger partial charge in [0.15, 0.2) is 0 Å². The van der Waals surface area contributed by atoms with Crippen molar-refractivity contribution in [2.45, 2.75) is 37.5 Å².